The fourth-order valence-corrected chi connectivity index (χ4v) is 2.01. The molecule has 1 aromatic rings. The third-order valence-corrected chi connectivity index (χ3v) is 2.89. The third kappa shape index (κ3) is 2.23. The Labute approximate surface area is 91.0 Å². The van der Waals surface area contributed by atoms with Crippen LogP contribution in [0.25, 0.3) is 0 Å². The molecule has 0 amide bonds. The van der Waals surface area contributed by atoms with Crippen LogP contribution in [0, 0.1) is 0 Å². The van der Waals surface area contributed by atoms with Crippen LogP contribution in [-0.2, 0) is 0 Å². The van der Waals surface area contributed by atoms with E-state index in [-0.39, 0.29) is 0 Å². The molecule has 0 aromatic heterocycles. The second-order valence-electron chi connectivity index (χ2n) is 3.95. The summed E-state index contributed by atoms with van der Waals surface area (Å²) in [5.41, 5.74) is 1.25. The van der Waals surface area contributed by atoms with Gasteiger partial charge in [0.1, 0.15) is 5.75 Å². The lowest BCUT2D eigenvalue weighted by Gasteiger charge is -2.36. The zero-order valence-corrected chi connectivity index (χ0v) is 9.36. The van der Waals surface area contributed by atoms with Crippen molar-refractivity contribution in [3.63, 3.8) is 0 Å². The number of ether oxygens (including phenoxy) is 1. The van der Waals surface area contributed by atoms with Crippen molar-refractivity contribution in [2.24, 2.45) is 0 Å². The van der Waals surface area contributed by atoms with E-state index in [0.29, 0.717) is 6.04 Å². The van der Waals surface area contributed by atoms with Gasteiger partial charge in [-0.05, 0) is 19.1 Å². The van der Waals surface area contributed by atoms with Gasteiger partial charge in [0.15, 0.2) is 0 Å². The SMILES string of the molecule is COc1cccc(N2CCNCC2C)c1. The molecule has 1 saturated heterocycles. The summed E-state index contributed by atoms with van der Waals surface area (Å²) in [6, 6.07) is 8.82. The molecule has 0 bridgehead atoms. The average Bonchev–Trinajstić information content (AvgIpc) is 2.30. The molecule has 3 nitrogen and oxygen atoms in total. The van der Waals surface area contributed by atoms with E-state index in [2.05, 4.69) is 29.3 Å². The van der Waals surface area contributed by atoms with Crippen molar-refractivity contribution in [3.05, 3.63) is 24.3 Å². The molecule has 1 N–H and O–H groups in total. The standard InChI is InChI=1S/C12H18N2O/c1-10-9-13-6-7-14(10)11-4-3-5-12(8-11)15-2/h3-5,8,10,13H,6-7,9H2,1-2H3. The van der Waals surface area contributed by atoms with Crippen LogP contribution in [0.5, 0.6) is 5.75 Å². The maximum Gasteiger partial charge on any atom is 0.120 e. The lowest BCUT2D eigenvalue weighted by atomic mass is 10.2. The van der Waals surface area contributed by atoms with E-state index in [1.165, 1.54) is 5.69 Å². The van der Waals surface area contributed by atoms with E-state index in [1.807, 2.05) is 12.1 Å². The monoisotopic (exact) mass is 206 g/mol. The van der Waals surface area contributed by atoms with Gasteiger partial charge in [0.2, 0.25) is 0 Å². The van der Waals surface area contributed by atoms with Crippen molar-refractivity contribution in [2.75, 3.05) is 31.6 Å². The predicted molar refractivity (Wildman–Crippen MR) is 62.7 cm³/mol. The smallest absolute Gasteiger partial charge is 0.120 e. The first-order valence-electron chi connectivity index (χ1n) is 5.42. The maximum atomic E-state index is 5.24. The van der Waals surface area contributed by atoms with Crippen molar-refractivity contribution >= 4 is 5.69 Å². The molecule has 0 saturated carbocycles. The lowest BCUT2D eigenvalue weighted by molar-refractivity contribution is 0.414. The van der Waals surface area contributed by atoms with Crippen LogP contribution in [0.4, 0.5) is 5.69 Å². The molecule has 0 aliphatic carbocycles. The van der Waals surface area contributed by atoms with E-state index < -0.39 is 0 Å². The minimum Gasteiger partial charge on any atom is -0.497 e. The highest BCUT2D eigenvalue weighted by Gasteiger charge is 2.18. The molecule has 1 atom stereocenters. The number of hydrogen-bond acceptors (Lipinski definition) is 3. The Balaban J connectivity index is 2.19. The molecule has 1 aromatic carbocycles. The highest BCUT2D eigenvalue weighted by molar-refractivity contribution is 5.51. The number of piperazine rings is 1. The van der Waals surface area contributed by atoms with Crippen molar-refractivity contribution in [3.8, 4) is 5.75 Å². The summed E-state index contributed by atoms with van der Waals surface area (Å²) in [5, 5.41) is 3.39. The zero-order chi connectivity index (χ0) is 10.7. The second-order valence-corrected chi connectivity index (χ2v) is 3.95. The van der Waals surface area contributed by atoms with Crippen LogP contribution in [0.15, 0.2) is 24.3 Å². The van der Waals surface area contributed by atoms with Crippen LogP contribution in [-0.4, -0.2) is 32.8 Å². The van der Waals surface area contributed by atoms with Gasteiger partial charge in [-0.15, -0.1) is 0 Å². The van der Waals surface area contributed by atoms with Gasteiger partial charge in [-0.2, -0.15) is 0 Å². The summed E-state index contributed by atoms with van der Waals surface area (Å²) >= 11 is 0. The van der Waals surface area contributed by atoms with Crippen molar-refractivity contribution in [2.45, 2.75) is 13.0 Å². The predicted octanol–water partition coefficient (Wildman–Crippen LogP) is 1.49. The van der Waals surface area contributed by atoms with Crippen molar-refractivity contribution < 1.29 is 4.74 Å². The fourth-order valence-electron chi connectivity index (χ4n) is 2.01. The molecule has 1 aliphatic heterocycles. The Morgan fingerprint density at radius 2 is 2.33 bits per heavy atom. The maximum absolute atomic E-state index is 5.24. The third-order valence-electron chi connectivity index (χ3n) is 2.89. The van der Waals surface area contributed by atoms with Gasteiger partial charge in [-0.3, -0.25) is 0 Å². The first kappa shape index (κ1) is 10.3. The molecule has 82 valence electrons. The minimum atomic E-state index is 0.547. The summed E-state index contributed by atoms with van der Waals surface area (Å²) in [5.74, 6) is 0.929. The van der Waals surface area contributed by atoms with Crippen LogP contribution in [0.3, 0.4) is 0 Å². The molecule has 2 rings (SSSR count). The number of rotatable bonds is 2. The molecule has 1 unspecified atom stereocenters. The Morgan fingerprint density at radius 3 is 3.07 bits per heavy atom. The molecule has 15 heavy (non-hydrogen) atoms. The summed E-state index contributed by atoms with van der Waals surface area (Å²) in [6.07, 6.45) is 0. The molecule has 3 heteroatoms. The molecule has 0 radical (unpaired) electrons. The molecule has 1 aliphatic rings. The van der Waals surface area contributed by atoms with Gasteiger partial charge in [0.05, 0.1) is 7.11 Å². The van der Waals surface area contributed by atoms with Gasteiger partial charge in [0, 0.05) is 37.4 Å². The lowest BCUT2D eigenvalue weighted by Crippen LogP contribution is -2.49. The Hall–Kier alpha value is -1.22. The number of benzene rings is 1. The summed E-state index contributed by atoms with van der Waals surface area (Å²) in [7, 11) is 1.71. The van der Waals surface area contributed by atoms with Gasteiger partial charge in [-0.25, -0.2) is 0 Å². The van der Waals surface area contributed by atoms with E-state index in [4.69, 9.17) is 4.74 Å². The van der Waals surface area contributed by atoms with E-state index in [0.717, 1.165) is 25.4 Å². The van der Waals surface area contributed by atoms with Gasteiger partial charge < -0.3 is 15.0 Å². The zero-order valence-electron chi connectivity index (χ0n) is 9.36. The average molecular weight is 206 g/mol. The van der Waals surface area contributed by atoms with E-state index in [9.17, 15) is 0 Å². The van der Waals surface area contributed by atoms with Crippen LogP contribution < -0.4 is 15.0 Å². The first-order valence-corrected chi connectivity index (χ1v) is 5.42. The molecule has 1 heterocycles. The molecular weight excluding hydrogens is 188 g/mol. The largest absolute Gasteiger partial charge is 0.497 e. The number of methoxy groups -OCH3 is 1. The van der Waals surface area contributed by atoms with Gasteiger partial charge in [-0.1, -0.05) is 6.07 Å². The van der Waals surface area contributed by atoms with Crippen LogP contribution in [0.1, 0.15) is 6.92 Å². The number of nitrogens with zero attached hydrogens (tertiary/aromatic N) is 1. The Bertz CT molecular complexity index is 327. The quantitative estimate of drug-likeness (QED) is 0.793. The topological polar surface area (TPSA) is 24.5 Å². The number of hydrogen-bond donors (Lipinski definition) is 1. The Kier molecular flexibility index (Phi) is 3.11. The van der Waals surface area contributed by atoms with E-state index in [1.54, 1.807) is 7.11 Å². The number of nitrogens with one attached hydrogen (secondary N) is 1. The van der Waals surface area contributed by atoms with Gasteiger partial charge >= 0.3 is 0 Å². The molecular formula is C12H18N2O. The van der Waals surface area contributed by atoms with E-state index >= 15 is 0 Å². The fraction of sp³-hybridized carbons (Fsp3) is 0.500. The van der Waals surface area contributed by atoms with Crippen molar-refractivity contribution in [1.82, 2.24) is 5.32 Å². The Morgan fingerprint density at radius 1 is 1.47 bits per heavy atom. The van der Waals surface area contributed by atoms with Crippen molar-refractivity contribution in [1.29, 1.82) is 0 Å². The normalized spacial score (nSPS) is 21.5. The summed E-state index contributed by atoms with van der Waals surface area (Å²) in [6.45, 7) is 5.42. The van der Waals surface area contributed by atoms with Crippen LogP contribution in [0.2, 0.25) is 0 Å². The first-order chi connectivity index (χ1) is 7.31. The minimum absolute atomic E-state index is 0.547. The molecule has 1 fully saturated rings. The second kappa shape index (κ2) is 4.53. The highest BCUT2D eigenvalue weighted by Crippen LogP contribution is 2.23. The number of anilines is 1. The summed E-state index contributed by atoms with van der Waals surface area (Å²) < 4.78 is 5.24. The van der Waals surface area contributed by atoms with Gasteiger partial charge in [0.25, 0.3) is 0 Å². The highest BCUT2D eigenvalue weighted by atomic mass is 16.5. The van der Waals surface area contributed by atoms with Crippen LogP contribution >= 0.6 is 0 Å². The molecule has 0 spiro atoms. The summed E-state index contributed by atoms with van der Waals surface area (Å²) in [4.78, 5) is 2.42.